The molecular weight excluding hydrogens is 469 g/mol. The van der Waals surface area contributed by atoms with Crippen LogP contribution in [0.2, 0.25) is 0 Å². The summed E-state index contributed by atoms with van der Waals surface area (Å²) in [6.45, 7) is 3.78. The number of hydrogen-bond donors (Lipinski definition) is 0. The van der Waals surface area contributed by atoms with Crippen LogP contribution in [-0.2, 0) is 33.6 Å². The van der Waals surface area contributed by atoms with Crippen LogP contribution in [0.1, 0.15) is 30.5 Å². The molecule has 0 radical (unpaired) electrons. The molecule has 0 bridgehead atoms. The van der Waals surface area contributed by atoms with Crippen molar-refractivity contribution in [2.24, 2.45) is 5.92 Å². The van der Waals surface area contributed by atoms with Crippen LogP contribution in [-0.4, -0.2) is 30.0 Å². The Hall–Kier alpha value is -2.49. The van der Waals surface area contributed by atoms with Gasteiger partial charge in [0.15, 0.2) is 5.56 Å². The summed E-state index contributed by atoms with van der Waals surface area (Å²) in [7, 11) is 2.59. The van der Waals surface area contributed by atoms with Crippen LogP contribution >= 0.6 is 15.9 Å². The second-order valence-corrected chi connectivity index (χ2v) is 7.50. The number of carbonyl (C=O) groups excluding carboxylic acids is 1. The third-order valence-electron chi connectivity index (χ3n) is 3.99. The molecule has 2 aromatic rings. The molecule has 0 saturated heterocycles. The number of nitrogens with zero attached hydrogens (tertiary/aromatic N) is 2. The molecule has 0 fully saturated rings. The molecule has 0 aliphatic carbocycles. The van der Waals surface area contributed by atoms with Gasteiger partial charge in [-0.25, -0.2) is 4.79 Å². The van der Waals surface area contributed by atoms with Crippen LogP contribution in [0.3, 0.4) is 0 Å². The van der Waals surface area contributed by atoms with Crippen molar-refractivity contribution < 1.29 is 32.2 Å². The Morgan fingerprint density at radius 3 is 2.50 bits per heavy atom. The van der Waals surface area contributed by atoms with E-state index in [-0.39, 0.29) is 29.2 Å². The summed E-state index contributed by atoms with van der Waals surface area (Å²) in [6, 6.07) is 6.62. The number of esters is 1. The van der Waals surface area contributed by atoms with E-state index in [1.54, 1.807) is 24.3 Å². The van der Waals surface area contributed by atoms with E-state index in [0.29, 0.717) is 11.1 Å². The lowest BCUT2D eigenvalue weighted by Gasteiger charge is -2.13. The average molecular weight is 491 g/mol. The highest BCUT2D eigenvalue weighted by Gasteiger charge is 2.41. The van der Waals surface area contributed by atoms with E-state index < -0.39 is 23.6 Å². The average Bonchev–Trinajstić information content (AvgIpc) is 2.99. The summed E-state index contributed by atoms with van der Waals surface area (Å²) < 4.78 is 57.0. The van der Waals surface area contributed by atoms with Gasteiger partial charge in [-0.05, 0) is 33.0 Å². The lowest BCUT2D eigenvalue weighted by molar-refractivity contribution is -0.139. The first-order valence-corrected chi connectivity index (χ1v) is 9.75. The summed E-state index contributed by atoms with van der Waals surface area (Å²) in [4.78, 5) is 12.1. The van der Waals surface area contributed by atoms with E-state index in [9.17, 15) is 18.0 Å². The normalized spacial score (nSPS) is 12.2. The van der Waals surface area contributed by atoms with Crippen LogP contribution in [0.4, 0.5) is 13.2 Å². The molecule has 1 aromatic heterocycles. The largest absolute Gasteiger partial charge is 0.503 e. The third kappa shape index (κ3) is 5.56. The molecular formula is C20H22BrF3N2O4. The maximum Gasteiger partial charge on any atom is 0.424 e. The number of ether oxygens (including phenoxy) is 3. The van der Waals surface area contributed by atoms with Crippen LogP contribution < -0.4 is 4.74 Å². The number of aromatic nitrogens is 2. The van der Waals surface area contributed by atoms with E-state index in [1.165, 1.54) is 25.2 Å². The van der Waals surface area contributed by atoms with Crippen LogP contribution in [0.25, 0.3) is 5.57 Å². The van der Waals surface area contributed by atoms with E-state index in [4.69, 9.17) is 14.2 Å². The number of methoxy groups -OCH3 is 2. The fourth-order valence-electron chi connectivity index (χ4n) is 2.73. The summed E-state index contributed by atoms with van der Waals surface area (Å²) in [5, 5.41) is 3.99. The lowest BCUT2D eigenvalue weighted by atomic mass is 10.0. The molecule has 0 aliphatic rings. The Morgan fingerprint density at radius 2 is 1.93 bits per heavy atom. The van der Waals surface area contributed by atoms with Crippen molar-refractivity contribution in [3.63, 3.8) is 0 Å². The van der Waals surface area contributed by atoms with Crippen molar-refractivity contribution >= 4 is 27.5 Å². The quantitative estimate of drug-likeness (QED) is 0.294. The second kappa shape index (κ2) is 10.0. The van der Waals surface area contributed by atoms with E-state index in [2.05, 4.69) is 21.0 Å². The summed E-state index contributed by atoms with van der Waals surface area (Å²) >= 11 is 2.99. The molecule has 10 heteroatoms. The fraction of sp³-hybridized carbons (Fsp3) is 0.400. The number of rotatable bonds is 8. The molecule has 2 rings (SSSR count). The van der Waals surface area contributed by atoms with Crippen molar-refractivity contribution in [2.45, 2.75) is 33.2 Å². The molecule has 164 valence electrons. The summed E-state index contributed by atoms with van der Waals surface area (Å²) in [5.74, 6) is -1.11. The van der Waals surface area contributed by atoms with E-state index >= 15 is 0 Å². The number of halogens is 4. The van der Waals surface area contributed by atoms with Gasteiger partial charge in [0.25, 0.3) is 0 Å². The smallest absolute Gasteiger partial charge is 0.424 e. The predicted octanol–water partition coefficient (Wildman–Crippen LogP) is 5.06. The van der Waals surface area contributed by atoms with Crippen LogP contribution in [0.5, 0.6) is 5.88 Å². The predicted molar refractivity (Wildman–Crippen MR) is 108 cm³/mol. The van der Waals surface area contributed by atoms with Crippen molar-refractivity contribution in [3.05, 3.63) is 51.8 Å². The molecule has 1 heterocycles. The standard InChI is InChI=1S/C20H22BrF3N2O4/c1-12(2)9-26-17(21)16(20(22,23)24)18(25-26)30-10-13-7-5-6-8-14(13)15(11-28-3)19(27)29-4/h5-8,11-12H,9-10H2,1-4H3/b15-11+. The Bertz CT molecular complexity index is 923. The molecule has 30 heavy (non-hydrogen) atoms. The molecule has 0 atom stereocenters. The molecule has 0 spiro atoms. The molecule has 1 aromatic carbocycles. The molecule has 0 aliphatic heterocycles. The van der Waals surface area contributed by atoms with Crippen LogP contribution in [0, 0.1) is 5.92 Å². The van der Waals surface area contributed by atoms with Gasteiger partial charge >= 0.3 is 12.1 Å². The summed E-state index contributed by atoms with van der Waals surface area (Å²) in [6.07, 6.45) is -3.45. The van der Waals surface area contributed by atoms with Crippen molar-refractivity contribution in [3.8, 4) is 5.88 Å². The van der Waals surface area contributed by atoms with Gasteiger partial charge in [-0.1, -0.05) is 38.1 Å². The van der Waals surface area contributed by atoms with Crippen molar-refractivity contribution in [2.75, 3.05) is 14.2 Å². The second-order valence-electron chi connectivity index (χ2n) is 6.75. The SMILES string of the molecule is CO/C=C(/C(=O)OC)c1ccccc1COc1nn(CC(C)C)c(Br)c1C(F)(F)F. The van der Waals surface area contributed by atoms with Gasteiger partial charge < -0.3 is 14.2 Å². The zero-order valence-corrected chi connectivity index (χ0v) is 18.5. The van der Waals surface area contributed by atoms with Gasteiger partial charge in [0.2, 0.25) is 5.88 Å². The maximum absolute atomic E-state index is 13.6. The van der Waals surface area contributed by atoms with Gasteiger partial charge in [0.05, 0.1) is 20.5 Å². The van der Waals surface area contributed by atoms with Crippen molar-refractivity contribution in [1.82, 2.24) is 9.78 Å². The number of carbonyl (C=O) groups is 1. The van der Waals surface area contributed by atoms with Gasteiger partial charge in [0, 0.05) is 6.54 Å². The van der Waals surface area contributed by atoms with Gasteiger partial charge in [0.1, 0.15) is 16.8 Å². The topological polar surface area (TPSA) is 62.6 Å². The zero-order chi connectivity index (χ0) is 22.5. The van der Waals surface area contributed by atoms with Gasteiger partial charge in [-0.15, -0.1) is 5.10 Å². The minimum atomic E-state index is -4.66. The molecule has 0 unspecified atom stereocenters. The van der Waals surface area contributed by atoms with Crippen LogP contribution in [0.15, 0.2) is 35.1 Å². The Labute approximate surface area is 180 Å². The number of alkyl halides is 3. The number of benzene rings is 1. The molecule has 0 amide bonds. The first-order chi connectivity index (χ1) is 14.1. The highest BCUT2D eigenvalue weighted by Crippen LogP contribution is 2.41. The third-order valence-corrected chi connectivity index (χ3v) is 4.80. The Morgan fingerprint density at radius 1 is 1.27 bits per heavy atom. The highest BCUT2D eigenvalue weighted by atomic mass is 79.9. The first kappa shape index (κ1) is 23.8. The molecule has 0 N–H and O–H groups in total. The minimum Gasteiger partial charge on any atom is -0.503 e. The molecule has 6 nitrogen and oxygen atoms in total. The lowest BCUT2D eigenvalue weighted by Crippen LogP contribution is -2.10. The molecule has 0 saturated carbocycles. The van der Waals surface area contributed by atoms with Gasteiger partial charge in [-0.2, -0.15) is 13.2 Å². The van der Waals surface area contributed by atoms with Gasteiger partial charge in [-0.3, -0.25) is 4.68 Å². The number of hydrogen-bond acceptors (Lipinski definition) is 5. The zero-order valence-electron chi connectivity index (χ0n) is 16.9. The fourth-order valence-corrected chi connectivity index (χ4v) is 3.35. The monoisotopic (exact) mass is 490 g/mol. The first-order valence-electron chi connectivity index (χ1n) is 8.96. The van der Waals surface area contributed by atoms with E-state index in [1.807, 2.05) is 13.8 Å². The highest BCUT2D eigenvalue weighted by molar-refractivity contribution is 9.10. The summed E-state index contributed by atoms with van der Waals surface area (Å²) in [5.41, 5.74) is 0.0114. The maximum atomic E-state index is 13.6. The van der Waals surface area contributed by atoms with Crippen molar-refractivity contribution in [1.29, 1.82) is 0 Å². The Kier molecular flexibility index (Phi) is 7.94. The minimum absolute atomic E-state index is 0.0812. The van der Waals surface area contributed by atoms with E-state index in [0.717, 1.165) is 0 Å². The Balaban J connectivity index is 2.41.